The molecule has 74 valence electrons. The zero-order chi connectivity index (χ0) is 10.1. The molecule has 3 N–H and O–H groups in total. The second-order valence-corrected chi connectivity index (χ2v) is 3.26. The zero-order valence-electron chi connectivity index (χ0n) is 7.88. The molecule has 1 atom stereocenters. The van der Waals surface area contributed by atoms with Gasteiger partial charge in [-0.2, -0.15) is 0 Å². The molecular formula is C9H12N4O. The van der Waals surface area contributed by atoms with Gasteiger partial charge in [0.2, 0.25) is 5.78 Å². The van der Waals surface area contributed by atoms with E-state index in [4.69, 9.17) is 5.73 Å². The van der Waals surface area contributed by atoms with Crippen LogP contribution in [0.4, 0.5) is 0 Å². The molecule has 0 saturated carbocycles. The molecule has 0 spiro atoms. The van der Waals surface area contributed by atoms with Crippen molar-refractivity contribution in [2.45, 2.75) is 13.0 Å². The molecule has 2 aromatic rings. The molecule has 0 bridgehead atoms. The molecule has 0 aliphatic heterocycles. The summed E-state index contributed by atoms with van der Waals surface area (Å²) in [5, 5.41) is 9.47. The van der Waals surface area contributed by atoms with Crippen molar-refractivity contribution < 1.29 is 5.11 Å². The van der Waals surface area contributed by atoms with Crippen LogP contribution in [0.5, 0.6) is 0 Å². The maximum absolute atomic E-state index is 9.47. The van der Waals surface area contributed by atoms with E-state index in [1.54, 1.807) is 16.8 Å². The van der Waals surface area contributed by atoms with Gasteiger partial charge in [-0.15, -0.1) is 0 Å². The highest BCUT2D eigenvalue weighted by atomic mass is 16.3. The number of fused-ring (bicyclic) bond motifs is 1. The molecule has 2 rings (SSSR count). The summed E-state index contributed by atoms with van der Waals surface area (Å²) < 4.78 is 1.78. The van der Waals surface area contributed by atoms with Crippen LogP contribution in [0.2, 0.25) is 0 Å². The molecule has 0 aromatic carbocycles. The molecule has 0 fully saturated rings. The summed E-state index contributed by atoms with van der Waals surface area (Å²) in [4.78, 5) is 8.26. The van der Waals surface area contributed by atoms with E-state index in [9.17, 15) is 5.11 Å². The van der Waals surface area contributed by atoms with E-state index in [-0.39, 0.29) is 6.54 Å². The van der Waals surface area contributed by atoms with Crippen molar-refractivity contribution in [3.8, 4) is 0 Å². The van der Waals surface area contributed by atoms with Crippen LogP contribution in [0, 0.1) is 6.92 Å². The minimum absolute atomic E-state index is 0.170. The third-order valence-electron chi connectivity index (χ3n) is 2.02. The van der Waals surface area contributed by atoms with E-state index < -0.39 is 6.10 Å². The molecule has 0 aliphatic carbocycles. The average molecular weight is 192 g/mol. The highest BCUT2D eigenvalue weighted by Crippen LogP contribution is 2.11. The first-order chi connectivity index (χ1) is 6.70. The minimum atomic E-state index is -0.711. The van der Waals surface area contributed by atoms with Gasteiger partial charge < -0.3 is 10.8 Å². The normalized spacial score (nSPS) is 13.4. The number of aliphatic hydroxyl groups excluding tert-OH is 1. The van der Waals surface area contributed by atoms with E-state index >= 15 is 0 Å². The summed E-state index contributed by atoms with van der Waals surface area (Å²) in [7, 11) is 0. The number of hydrogen-bond donors (Lipinski definition) is 2. The van der Waals surface area contributed by atoms with Crippen molar-refractivity contribution in [2.24, 2.45) is 5.73 Å². The van der Waals surface area contributed by atoms with Gasteiger partial charge in [-0.05, 0) is 12.5 Å². The lowest BCUT2D eigenvalue weighted by atomic mass is 10.3. The van der Waals surface area contributed by atoms with Gasteiger partial charge in [0.05, 0.1) is 5.69 Å². The molecule has 0 amide bonds. The van der Waals surface area contributed by atoms with Crippen LogP contribution < -0.4 is 5.73 Å². The van der Waals surface area contributed by atoms with Gasteiger partial charge in [-0.25, -0.2) is 9.97 Å². The van der Waals surface area contributed by atoms with Gasteiger partial charge in [0.1, 0.15) is 6.10 Å². The van der Waals surface area contributed by atoms with Crippen LogP contribution in [0.1, 0.15) is 17.4 Å². The molecule has 5 heteroatoms. The fourth-order valence-corrected chi connectivity index (χ4v) is 1.29. The average Bonchev–Trinajstić information content (AvgIpc) is 2.59. The maximum atomic E-state index is 9.47. The minimum Gasteiger partial charge on any atom is -0.385 e. The Bertz CT molecular complexity index is 451. The summed E-state index contributed by atoms with van der Waals surface area (Å²) in [5.41, 5.74) is 6.94. The summed E-state index contributed by atoms with van der Waals surface area (Å²) in [6.07, 6.45) is 4.67. The Kier molecular flexibility index (Phi) is 2.18. The zero-order valence-corrected chi connectivity index (χ0v) is 7.88. The van der Waals surface area contributed by atoms with Crippen LogP contribution in [0.25, 0.3) is 5.78 Å². The quantitative estimate of drug-likeness (QED) is 0.703. The van der Waals surface area contributed by atoms with E-state index in [1.165, 1.54) is 0 Å². The van der Waals surface area contributed by atoms with Crippen molar-refractivity contribution in [1.82, 2.24) is 14.4 Å². The number of nitrogens with zero attached hydrogens (tertiary/aromatic N) is 3. The first-order valence-electron chi connectivity index (χ1n) is 4.40. The lowest BCUT2D eigenvalue weighted by Gasteiger charge is -2.00. The molecule has 1 unspecified atom stereocenters. The number of hydrogen-bond acceptors (Lipinski definition) is 4. The van der Waals surface area contributed by atoms with E-state index in [0.717, 1.165) is 5.56 Å². The van der Waals surface area contributed by atoms with Crippen LogP contribution in [0.15, 0.2) is 18.6 Å². The van der Waals surface area contributed by atoms with Crippen molar-refractivity contribution in [3.05, 3.63) is 29.8 Å². The summed E-state index contributed by atoms with van der Waals surface area (Å²) in [6.45, 7) is 2.12. The fourth-order valence-electron chi connectivity index (χ4n) is 1.29. The van der Waals surface area contributed by atoms with Crippen LogP contribution >= 0.6 is 0 Å². The number of aromatic nitrogens is 3. The maximum Gasteiger partial charge on any atom is 0.234 e. The number of rotatable bonds is 2. The fraction of sp³-hybridized carbons (Fsp3) is 0.333. The van der Waals surface area contributed by atoms with Gasteiger partial charge in [-0.3, -0.25) is 4.40 Å². The first-order valence-corrected chi connectivity index (χ1v) is 4.40. The van der Waals surface area contributed by atoms with Crippen molar-refractivity contribution in [3.63, 3.8) is 0 Å². The summed E-state index contributed by atoms with van der Waals surface area (Å²) in [5.74, 6) is 0.582. The van der Waals surface area contributed by atoms with E-state index in [2.05, 4.69) is 9.97 Å². The van der Waals surface area contributed by atoms with Crippen molar-refractivity contribution in [1.29, 1.82) is 0 Å². The molecule has 5 nitrogen and oxygen atoms in total. The highest BCUT2D eigenvalue weighted by molar-refractivity contribution is 5.32. The molecule has 0 radical (unpaired) electrons. The topological polar surface area (TPSA) is 76.4 Å². The third-order valence-corrected chi connectivity index (χ3v) is 2.02. The lowest BCUT2D eigenvalue weighted by Crippen LogP contribution is -2.11. The first kappa shape index (κ1) is 9.11. The van der Waals surface area contributed by atoms with E-state index in [0.29, 0.717) is 11.5 Å². The number of aryl methyl sites for hydroxylation is 1. The Morgan fingerprint density at radius 3 is 3.07 bits per heavy atom. The Labute approximate surface area is 81.2 Å². The summed E-state index contributed by atoms with van der Waals surface area (Å²) >= 11 is 0. The molecule has 14 heavy (non-hydrogen) atoms. The SMILES string of the molecule is Cc1cnc2nc(C(O)CN)cn2c1. The Hall–Kier alpha value is -1.46. The molecule has 0 aliphatic rings. The number of nitrogens with two attached hydrogens (primary N) is 1. The smallest absolute Gasteiger partial charge is 0.234 e. The van der Waals surface area contributed by atoms with E-state index in [1.807, 2.05) is 13.1 Å². The standard InChI is InChI=1S/C9H12N4O/c1-6-3-11-9-12-7(8(14)2-10)5-13(9)4-6/h3-5,8,14H,2,10H2,1H3. The van der Waals surface area contributed by atoms with Crippen molar-refractivity contribution in [2.75, 3.05) is 6.54 Å². The molecular weight excluding hydrogens is 180 g/mol. The molecule has 2 aromatic heterocycles. The van der Waals surface area contributed by atoms with Gasteiger partial charge >= 0.3 is 0 Å². The predicted molar refractivity (Wildman–Crippen MR) is 51.7 cm³/mol. The van der Waals surface area contributed by atoms with Crippen LogP contribution in [-0.4, -0.2) is 26.0 Å². The second-order valence-electron chi connectivity index (χ2n) is 3.26. The van der Waals surface area contributed by atoms with Crippen molar-refractivity contribution >= 4 is 5.78 Å². The second kappa shape index (κ2) is 3.36. The van der Waals surface area contributed by atoms with Gasteiger partial charge in [0.25, 0.3) is 0 Å². The van der Waals surface area contributed by atoms with Gasteiger partial charge in [0, 0.05) is 25.1 Å². The van der Waals surface area contributed by atoms with Crippen LogP contribution in [-0.2, 0) is 0 Å². The Morgan fingerprint density at radius 1 is 1.57 bits per heavy atom. The molecule has 2 heterocycles. The predicted octanol–water partition coefficient (Wildman–Crippen LogP) is 0.0298. The lowest BCUT2D eigenvalue weighted by molar-refractivity contribution is 0.182. The van der Waals surface area contributed by atoms with Gasteiger partial charge in [0.15, 0.2) is 0 Å². The molecule has 0 saturated heterocycles. The number of aliphatic hydroxyl groups is 1. The Morgan fingerprint density at radius 2 is 2.36 bits per heavy atom. The highest BCUT2D eigenvalue weighted by Gasteiger charge is 2.10. The summed E-state index contributed by atoms with van der Waals surface area (Å²) in [6, 6.07) is 0. The Balaban J connectivity index is 2.51. The monoisotopic (exact) mass is 192 g/mol. The third kappa shape index (κ3) is 1.47. The van der Waals surface area contributed by atoms with Gasteiger partial charge in [-0.1, -0.05) is 0 Å². The number of imidazole rings is 1. The largest absolute Gasteiger partial charge is 0.385 e. The van der Waals surface area contributed by atoms with Crippen LogP contribution in [0.3, 0.4) is 0 Å².